The molecule has 1 fully saturated rings. The monoisotopic (exact) mass is 340 g/mol. The minimum absolute atomic E-state index is 0.177. The van der Waals surface area contributed by atoms with Crippen molar-refractivity contribution in [3.05, 3.63) is 53.7 Å². The van der Waals surface area contributed by atoms with Gasteiger partial charge in [-0.1, -0.05) is 18.2 Å². The number of rotatable bonds is 8. The van der Waals surface area contributed by atoms with Gasteiger partial charge in [-0.2, -0.15) is 0 Å². The molecule has 1 aromatic heterocycles. The second kappa shape index (κ2) is 8.23. The Bertz CT molecular complexity index is 714. The zero-order valence-electron chi connectivity index (χ0n) is 14.4. The molecule has 0 spiro atoms. The minimum atomic E-state index is -0.693. The van der Waals surface area contributed by atoms with Crippen molar-refractivity contribution in [1.82, 2.24) is 10.3 Å². The number of ether oxygens (including phenoxy) is 1. The number of amides is 1. The van der Waals surface area contributed by atoms with E-state index in [1.165, 1.54) is 12.8 Å². The molecule has 1 saturated carbocycles. The first kappa shape index (κ1) is 17.6. The van der Waals surface area contributed by atoms with Gasteiger partial charge in [0.1, 0.15) is 0 Å². The molecule has 0 bridgehead atoms. The van der Waals surface area contributed by atoms with Crippen molar-refractivity contribution < 1.29 is 14.6 Å². The number of hydrogen-bond donors (Lipinski definition) is 2. The molecule has 1 heterocycles. The number of nitrogens with zero attached hydrogens (tertiary/aromatic N) is 1. The highest BCUT2D eigenvalue weighted by atomic mass is 16.5. The molecule has 0 saturated heterocycles. The van der Waals surface area contributed by atoms with Crippen LogP contribution >= 0.6 is 0 Å². The van der Waals surface area contributed by atoms with Crippen molar-refractivity contribution in [2.24, 2.45) is 5.92 Å². The van der Waals surface area contributed by atoms with Crippen LogP contribution in [0, 0.1) is 12.8 Å². The Labute approximate surface area is 148 Å². The van der Waals surface area contributed by atoms with Gasteiger partial charge in [0.15, 0.2) is 0 Å². The van der Waals surface area contributed by atoms with Crippen LogP contribution in [0.25, 0.3) is 11.3 Å². The fraction of sp³-hybridized carbons (Fsp3) is 0.400. The summed E-state index contributed by atoms with van der Waals surface area (Å²) in [6.07, 6.45) is 3.48. The number of benzene rings is 1. The smallest absolute Gasteiger partial charge is 0.251 e. The van der Waals surface area contributed by atoms with Gasteiger partial charge in [-0.3, -0.25) is 9.78 Å². The normalized spacial score (nSPS) is 15.0. The zero-order chi connectivity index (χ0) is 17.6. The molecule has 25 heavy (non-hydrogen) atoms. The number of pyridine rings is 1. The van der Waals surface area contributed by atoms with Crippen LogP contribution in [-0.4, -0.2) is 41.9 Å². The van der Waals surface area contributed by atoms with Crippen LogP contribution in [0.5, 0.6) is 0 Å². The lowest BCUT2D eigenvalue weighted by Crippen LogP contribution is -2.35. The Morgan fingerprint density at radius 2 is 2.16 bits per heavy atom. The largest absolute Gasteiger partial charge is 0.389 e. The van der Waals surface area contributed by atoms with E-state index in [4.69, 9.17) is 4.74 Å². The average Bonchev–Trinajstić information content (AvgIpc) is 3.45. The van der Waals surface area contributed by atoms with Gasteiger partial charge in [-0.05, 0) is 49.4 Å². The second-order valence-corrected chi connectivity index (χ2v) is 6.54. The van der Waals surface area contributed by atoms with Crippen LogP contribution in [0.4, 0.5) is 0 Å². The lowest BCUT2D eigenvalue weighted by Gasteiger charge is -2.14. The van der Waals surface area contributed by atoms with Crippen LogP contribution in [0.15, 0.2) is 42.6 Å². The standard InChI is InChI=1S/C20H24N2O3/c1-14-17(19-7-2-3-10-21-19)5-4-6-18(14)20(24)22-11-16(23)13-25-12-15-8-9-15/h2-7,10,15-16,23H,8-9,11-13H2,1H3,(H,22,24). The van der Waals surface area contributed by atoms with E-state index in [1.54, 1.807) is 12.3 Å². The summed E-state index contributed by atoms with van der Waals surface area (Å²) in [5.74, 6) is 0.468. The number of carbonyl (C=O) groups is 1. The predicted molar refractivity (Wildman–Crippen MR) is 96.3 cm³/mol. The Morgan fingerprint density at radius 1 is 1.32 bits per heavy atom. The summed E-state index contributed by atoms with van der Waals surface area (Å²) in [5, 5.41) is 12.7. The molecular weight excluding hydrogens is 316 g/mol. The molecule has 1 aliphatic carbocycles. The Balaban J connectivity index is 1.58. The molecule has 0 radical (unpaired) electrons. The number of carbonyl (C=O) groups excluding carboxylic acids is 1. The topological polar surface area (TPSA) is 71.5 Å². The van der Waals surface area contributed by atoms with Gasteiger partial charge in [-0.25, -0.2) is 0 Å². The SMILES string of the molecule is Cc1c(C(=O)NCC(O)COCC2CC2)cccc1-c1ccccn1. The number of nitrogens with one attached hydrogen (secondary N) is 1. The molecule has 132 valence electrons. The fourth-order valence-corrected chi connectivity index (χ4v) is 2.70. The Hall–Kier alpha value is -2.24. The van der Waals surface area contributed by atoms with E-state index in [2.05, 4.69) is 10.3 Å². The average molecular weight is 340 g/mol. The summed E-state index contributed by atoms with van der Waals surface area (Å²) in [4.78, 5) is 16.8. The van der Waals surface area contributed by atoms with Crippen LogP contribution in [0.2, 0.25) is 0 Å². The van der Waals surface area contributed by atoms with E-state index in [-0.39, 0.29) is 19.1 Å². The molecule has 1 unspecified atom stereocenters. The highest BCUT2D eigenvalue weighted by Gasteiger charge is 2.21. The van der Waals surface area contributed by atoms with Gasteiger partial charge in [0.05, 0.1) is 18.4 Å². The summed E-state index contributed by atoms with van der Waals surface area (Å²) >= 11 is 0. The van der Waals surface area contributed by atoms with Gasteiger partial charge >= 0.3 is 0 Å². The summed E-state index contributed by atoms with van der Waals surface area (Å²) in [7, 11) is 0. The number of hydrogen-bond acceptors (Lipinski definition) is 4. The van der Waals surface area contributed by atoms with Crippen molar-refractivity contribution in [3.63, 3.8) is 0 Å². The third kappa shape index (κ3) is 4.87. The van der Waals surface area contributed by atoms with E-state index in [1.807, 2.05) is 37.3 Å². The molecule has 1 aliphatic rings. The first-order valence-electron chi connectivity index (χ1n) is 8.70. The molecule has 5 heteroatoms. The molecule has 1 atom stereocenters. The number of aliphatic hydroxyl groups is 1. The highest BCUT2D eigenvalue weighted by Crippen LogP contribution is 2.28. The van der Waals surface area contributed by atoms with Crippen molar-refractivity contribution in [1.29, 1.82) is 0 Å². The van der Waals surface area contributed by atoms with Crippen molar-refractivity contribution >= 4 is 5.91 Å². The molecule has 5 nitrogen and oxygen atoms in total. The van der Waals surface area contributed by atoms with Gasteiger partial charge in [0.25, 0.3) is 5.91 Å². The maximum Gasteiger partial charge on any atom is 0.251 e. The summed E-state index contributed by atoms with van der Waals surface area (Å²) in [6, 6.07) is 11.3. The third-order valence-electron chi connectivity index (χ3n) is 4.38. The molecule has 1 amide bonds. The maximum absolute atomic E-state index is 12.5. The van der Waals surface area contributed by atoms with E-state index < -0.39 is 6.10 Å². The highest BCUT2D eigenvalue weighted by molar-refractivity contribution is 5.97. The third-order valence-corrected chi connectivity index (χ3v) is 4.38. The van der Waals surface area contributed by atoms with E-state index >= 15 is 0 Å². The molecular formula is C20H24N2O3. The van der Waals surface area contributed by atoms with E-state index in [0.717, 1.165) is 16.8 Å². The van der Waals surface area contributed by atoms with E-state index in [0.29, 0.717) is 18.1 Å². The predicted octanol–water partition coefficient (Wildman–Crippen LogP) is 2.57. The van der Waals surface area contributed by atoms with Gasteiger partial charge < -0.3 is 15.2 Å². The van der Waals surface area contributed by atoms with Crippen molar-refractivity contribution in [3.8, 4) is 11.3 Å². The summed E-state index contributed by atoms with van der Waals surface area (Å²) in [6.45, 7) is 3.05. The first-order valence-corrected chi connectivity index (χ1v) is 8.70. The molecule has 2 aromatic rings. The lowest BCUT2D eigenvalue weighted by atomic mass is 9.99. The minimum Gasteiger partial charge on any atom is -0.389 e. The van der Waals surface area contributed by atoms with Crippen LogP contribution in [-0.2, 0) is 4.74 Å². The maximum atomic E-state index is 12.5. The van der Waals surface area contributed by atoms with E-state index in [9.17, 15) is 9.90 Å². The second-order valence-electron chi connectivity index (χ2n) is 6.54. The van der Waals surface area contributed by atoms with Crippen LogP contribution in [0.1, 0.15) is 28.8 Å². The van der Waals surface area contributed by atoms with Gasteiger partial charge in [0, 0.05) is 30.5 Å². The first-order chi connectivity index (χ1) is 12.1. The quantitative estimate of drug-likeness (QED) is 0.775. The van der Waals surface area contributed by atoms with Gasteiger partial charge in [0.2, 0.25) is 0 Å². The van der Waals surface area contributed by atoms with Crippen LogP contribution in [0.3, 0.4) is 0 Å². The lowest BCUT2D eigenvalue weighted by molar-refractivity contribution is 0.0320. The Morgan fingerprint density at radius 3 is 2.88 bits per heavy atom. The molecule has 3 rings (SSSR count). The summed E-state index contributed by atoms with van der Waals surface area (Å²) in [5.41, 5.74) is 3.23. The summed E-state index contributed by atoms with van der Waals surface area (Å²) < 4.78 is 5.45. The van der Waals surface area contributed by atoms with Crippen molar-refractivity contribution in [2.75, 3.05) is 19.8 Å². The molecule has 0 aliphatic heterocycles. The molecule has 2 N–H and O–H groups in total. The van der Waals surface area contributed by atoms with Crippen molar-refractivity contribution in [2.45, 2.75) is 25.9 Å². The number of aromatic nitrogens is 1. The molecule has 1 aromatic carbocycles. The van der Waals surface area contributed by atoms with Gasteiger partial charge in [-0.15, -0.1) is 0 Å². The zero-order valence-corrected chi connectivity index (χ0v) is 14.4. The number of aliphatic hydroxyl groups excluding tert-OH is 1. The van der Waals surface area contributed by atoms with Crippen LogP contribution < -0.4 is 5.32 Å². The fourth-order valence-electron chi connectivity index (χ4n) is 2.70. The Kier molecular flexibility index (Phi) is 5.79.